The summed E-state index contributed by atoms with van der Waals surface area (Å²) < 4.78 is 0. The van der Waals surface area contributed by atoms with Crippen LogP contribution in [0.3, 0.4) is 0 Å². The van der Waals surface area contributed by atoms with Crippen molar-refractivity contribution in [2.45, 2.75) is 6.92 Å². The number of nitrogens with zero attached hydrogens (tertiary/aromatic N) is 1. The van der Waals surface area contributed by atoms with Crippen LogP contribution in [0.1, 0.15) is 12.9 Å². The lowest BCUT2D eigenvalue weighted by Gasteiger charge is -1.77. The van der Waals surface area contributed by atoms with E-state index in [1.807, 2.05) is 6.92 Å². The fraction of sp³-hybridized carbons (Fsp3) is 0.167. The maximum Gasteiger partial charge on any atom is 0.129 e. The van der Waals surface area contributed by atoms with E-state index in [1.165, 1.54) is 0 Å². The molecule has 1 rings (SSSR count). The Hall–Kier alpha value is -1.05. The molecule has 0 bridgehead atoms. The average molecular weight is 110 g/mol. The van der Waals surface area contributed by atoms with Crippen molar-refractivity contribution in [1.29, 1.82) is 0 Å². The summed E-state index contributed by atoms with van der Waals surface area (Å²) in [4.78, 5) is 6.96. The Morgan fingerprint density at radius 2 is 2.75 bits per heavy atom. The van der Waals surface area contributed by atoms with E-state index in [1.54, 1.807) is 12.3 Å². The van der Waals surface area contributed by atoms with Crippen LogP contribution in [0.2, 0.25) is 0 Å². The molecular weight excluding hydrogens is 100 g/mol. The predicted molar refractivity (Wildman–Crippen MR) is 35.5 cm³/mol. The van der Waals surface area contributed by atoms with E-state index in [0.717, 1.165) is 11.5 Å². The molecule has 0 saturated heterocycles. The first-order valence-electron chi connectivity index (χ1n) is 2.47. The SMILES string of the molecule is C=Cc1ncc(C)[nH]1.[HH]. The predicted octanol–water partition coefficient (Wildman–Crippen LogP) is 1.61. The molecule has 0 spiro atoms. The maximum atomic E-state index is 3.96. The Morgan fingerprint density at radius 1 is 2.00 bits per heavy atom. The second-order valence-corrected chi connectivity index (χ2v) is 1.66. The first-order valence-corrected chi connectivity index (χ1v) is 2.47. The molecule has 0 radical (unpaired) electrons. The maximum absolute atomic E-state index is 3.96. The largest absolute Gasteiger partial charge is 0.343 e. The standard InChI is InChI=1S/C6H8N2.H2/c1-3-6-7-4-5(2)8-6;/h3-4H,1H2,2H3,(H,7,8);1H. The quantitative estimate of drug-likeness (QED) is 0.584. The smallest absolute Gasteiger partial charge is 0.129 e. The molecule has 0 aliphatic heterocycles. The summed E-state index contributed by atoms with van der Waals surface area (Å²) in [5.74, 6) is 0.836. The van der Waals surface area contributed by atoms with E-state index in [-0.39, 0.29) is 1.43 Å². The number of nitrogens with one attached hydrogen (secondary N) is 1. The molecule has 8 heavy (non-hydrogen) atoms. The van der Waals surface area contributed by atoms with Gasteiger partial charge in [-0.1, -0.05) is 6.58 Å². The fourth-order valence-electron chi connectivity index (χ4n) is 0.537. The van der Waals surface area contributed by atoms with Crippen molar-refractivity contribution < 1.29 is 1.43 Å². The van der Waals surface area contributed by atoms with Crippen LogP contribution >= 0.6 is 0 Å². The van der Waals surface area contributed by atoms with Crippen LogP contribution in [0, 0.1) is 6.92 Å². The molecule has 0 aromatic carbocycles. The molecule has 0 aliphatic carbocycles. The summed E-state index contributed by atoms with van der Waals surface area (Å²) in [5.41, 5.74) is 1.07. The highest BCUT2D eigenvalue weighted by atomic mass is 14.9. The highest BCUT2D eigenvalue weighted by Crippen LogP contribution is 1.93. The summed E-state index contributed by atoms with van der Waals surface area (Å²) in [6.45, 7) is 5.51. The van der Waals surface area contributed by atoms with Gasteiger partial charge in [-0.15, -0.1) is 0 Å². The topological polar surface area (TPSA) is 28.7 Å². The van der Waals surface area contributed by atoms with Gasteiger partial charge in [-0.2, -0.15) is 0 Å². The first-order chi connectivity index (χ1) is 3.83. The zero-order valence-corrected chi connectivity index (χ0v) is 4.81. The number of hydrogen-bond donors (Lipinski definition) is 1. The molecule has 0 saturated carbocycles. The second-order valence-electron chi connectivity index (χ2n) is 1.66. The Balaban J connectivity index is 0.000000640. The number of hydrogen-bond acceptors (Lipinski definition) is 1. The van der Waals surface area contributed by atoms with Crippen LogP contribution in [0.25, 0.3) is 6.08 Å². The van der Waals surface area contributed by atoms with Gasteiger partial charge in [-0.25, -0.2) is 4.98 Å². The lowest BCUT2D eigenvalue weighted by molar-refractivity contribution is 1.22. The average Bonchev–Trinajstić information content (AvgIpc) is 2.14. The summed E-state index contributed by atoms with van der Waals surface area (Å²) in [6.07, 6.45) is 3.46. The van der Waals surface area contributed by atoms with E-state index < -0.39 is 0 Å². The van der Waals surface area contributed by atoms with E-state index in [0.29, 0.717) is 0 Å². The van der Waals surface area contributed by atoms with E-state index in [4.69, 9.17) is 0 Å². The van der Waals surface area contributed by atoms with Crippen molar-refractivity contribution >= 4 is 6.08 Å². The molecule has 1 aromatic rings. The van der Waals surface area contributed by atoms with Crippen LogP contribution in [0.15, 0.2) is 12.8 Å². The summed E-state index contributed by atoms with van der Waals surface area (Å²) >= 11 is 0. The van der Waals surface area contributed by atoms with E-state index in [9.17, 15) is 0 Å². The zero-order chi connectivity index (χ0) is 5.98. The lowest BCUT2D eigenvalue weighted by Crippen LogP contribution is -1.71. The van der Waals surface area contributed by atoms with Gasteiger partial charge in [-0.3, -0.25) is 0 Å². The van der Waals surface area contributed by atoms with Crippen molar-refractivity contribution in [1.82, 2.24) is 9.97 Å². The van der Waals surface area contributed by atoms with Crippen molar-refractivity contribution in [2.75, 3.05) is 0 Å². The number of H-pyrrole nitrogens is 1. The Morgan fingerprint density at radius 3 is 3.00 bits per heavy atom. The molecule has 0 fully saturated rings. The third-order valence-corrected chi connectivity index (χ3v) is 0.916. The number of aryl methyl sites for hydroxylation is 1. The summed E-state index contributed by atoms with van der Waals surface area (Å²) in [7, 11) is 0. The van der Waals surface area contributed by atoms with Gasteiger partial charge >= 0.3 is 0 Å². The minimum atomic E-state index is 0. The minimum absolute atomic E-state index is 0. The molecule has 1 aromatic heterocycles. The third-order valence-electron chi connectivity index (χ3n) is 0.916. The van der Waals surface area contributed by atoms with Gasteiger partial charge in [-0.05, 0) is 13.0 Å². The Bertz CT molecular complexity index is 193. The Labute approximate surface area is 49.8 Å². The van der Waals surface area contributed by atoms with Crippen molar-refractivity contribution in [3.63, 3.8) is 0 Å². The van der Waals surface area contributed by atoms with Gasteiger partial charge in [0.1, 0.15) is 5.82 Å². The normalized spacial score (nSPS) is 9.12. The molecular formula is C6H10N2. The molecule has 44 valence electrons. The molecule has 0 amide bonds. The molecule has 2 nitrogen and oxygen atoms in total. The van der Waals surface area contributed by atoms with Crippen LogP contribution in [-0.4, -0.2) is 9.97 Å². The number of aromatic amines is 1. The Kier molecular flexibility index (Phi) is 1.16. The molecule has 2 heteroatoms. The highest BCUT2D eigenvalue weighted by molar-refractivity contribution is 5.35. The van der Waals surface area contributed by atoms with Gasteiger partial charge in [0, 0.05) is 13.3 Å². The van der Waals surface area contributed by atoms with Gasteiger partial charge in [0.25, 0.3) is 0 Å². The summed E-state index contributed by atoms with van der Waals surface area (Å²) in [6, 6.07) is 0. The molecule has 0 unspecified atom stereocenters. The number of aromatic nitrogens is 2. The molecule has 0 aliphatic rings. The lowest BCUT2D eigenvalue weighted by atomic mass is 10.6. The third kappa shape index (κ3) is 0.780. The summed E-state index contributed by atoms with van der Waals surface area (Å²) in [5, 5.41) is 0. The van der Waals surface area contributed by atoms with Crippen LogP contribution in [0.5, 0.6) is 0 Å². The number of imidazole rings is 1. The molecule has 1 heterocycles. The molecule has 0 atom stereocenters. The van der Waals surface area contributed by atoms with Gasteiger partial charge in [0.15, 0.2) is 0 Å². The highest BCUT2D eigenvalue weighted by Gasteiger charge is 1.86. The van der Waals surface area contributed by atoms with Crippen molar-refractivity contribution in [3.8, 4) is 0 Å². The van der Waals surface area contributed by atoms with Crippen molar-refractivity contribution in [2.24, 2.45) is 0 Å². The zero-order valence-electron chi connectivity index (χ0n) is 4.81. The van der Waals surface area contributed by atoms with Gasteiger partial charge < -0.3 is 4.98 Å². The second kappa shape index (κ2) is 1.82. The first kappa shape index (κ1) is 5.09. The fourth-order valence-corrected chi connectivity index (χ4v) is 0.537. The van der Waals surface area contributed by atoms with Crippen LogP contribution in [-0.2, 0) is 0 Å². The van der Waals surface area contributed by atoms with Crippen molar-refractivity contribution in [3.05, 3.63) is 24.3 Å². The monoisotopic (exact) mass is 110 g/mol. The number of rotatable bonds is 1. The van der Waals surface area contributed by atoms with Gasteiger partial charge in [0.2, 0.25) is 0 Å². The van der Waals surface area contributed by atoms with E-state index in [2.05, 4.69) is 16.5 Å². The molecule has 1 N–H and O–H groups in total. The van der Waals surface area contributed by atoms with E-state index >= 15 is 0 Å². The van der Waals surface area contributed by atoms with Crippen LogP contribution < -0.4 is 0 Å². The van der Waals surface area contributed by atoms with Crippen LogP contribution in [0.4, 0.5) is 0 Å². The van der Waals surface area contributed by atoms with Gasteiger partial charge in [0.05, 0.1) is 0 Å². The minimum Gasteiger partial charge on any atom is -0.343 e.